The van der Waals surface area contributed by atoms with Crippen LogP contribution in [0.3, 0.4) is 0 Å². The zero-order valence-electron chi connectivity index (χ0n) is 10.2. The summed E-state index contributed by atoms with van der Waals surface area (Å²) in [4.78, 5) is 4.16. The summed E-state index contributed by atoms with van der Waals surface area (Å²) in [7, 11) is -3.41. The Morgan fingerprint density at radius 2 is 2.17 bits per heavy atom. The fourth-order valence-corrected chi connectivity index (χ4v) is 1.84. The van der Waals surface area contributed by atoms with E-state index in [9.17, 15) is 8.42 Å². The van der Waals surface area contributed by atoms with Gasteiger partial charge in [0.25, 0.3) is 0 Å². The fraction of sp³-hybridized carbons (Fsp3) is 0.500. The van der Waals surface area contributed by atoms with Gasteiger partial charge in [-0.15, -0.1) is 0 Å². The van der Waals surface area contributed by atoms with Crippen LogP contribution in [0, 0.1) is 0 Å². The van der Waals surface area contributed by atoms with E-state index >= 15 is 0 Å². The Kier molecular flexibility index (Phi) is 5.17. The molecule has 0 radical (unpaired) electrons. The lowest BCUT2D eigenvalue weighted by atomic mass is 10.4. The number of aromatic nitrogens is 1. The molecule has 0 amide bonds. The van der Waals surface area contributed by atoms with Crippen LogP contribution in [0.4, 0.5) is 11.5 Å². The standard InChI is InChI=1S/C10H18N4O3S/c1-2-17-10-8(11)4-5-9(14-10)13-6-3-7-18(12,15)16/h4-5H,2-3,6-7,11H2,1H3,(H,13,14)(H2,12,15,16). The molecule has 0 aliphatic heterocycles. The number of nitrogen functional groups attached to an aromatic ring is 1. The van der Waals surface area contributed by atoms with Gasteiger partial charge in [0.1, 0.15) is 5.82 Å². The van der Waals surface area contributed by atoms with Crippen molar-refractivity contribution in [3.8, 4) is 5.88 Å². The molecule has 0 aromatic carbocycles. The molecule has 1 rings (SSSR count). The highest BCUT2D eigenvalue weighted by molar-refractivity contribution is 7.89. The van der Waals surface area contributed by atoms with Crippen LogP contribution in [0.25, 0.3) is 0 Å². The summed E-state index contributed by atoms with van der Waals surface area (Å²) < 4.78 is 26.7. The second-order valence-electron chi connectivity index (χ2n) is 3.67. The molecular weight excluding hydrogens is 256 g/mol. The van der Waals surface area contributed by atoms with E-state index in [0.717, 1.165) is 0 Å². The molecule has 1 aromatic heterocycles. The Hall–Kier alpha value is -1.54. The lowest BCUT2D eigenvalue weighted by molar-refractivity contribution is 0.329. The van der Waals surface area contributed by atoms with Crippen LogP contribution in [-0.2, 0) is 10.0 Å². The summed E-state index contributed by atoms with van der Waals surface area (Å²) in [6.45, 7) is 2.78. The average Bonchev–Trinajstić information content (AvgIpc) is 2.28. The SMILES string of the molecule is CCOc1nc(NCCCS(N)(=O)=O)ccc1N. The van der Waals surface area contributed by atoms with Gasteiger partial charge in [-0.05, 0) is 25.5 Å². The van der Waals surface area contributed by atoms with E-state index in [1.54, 1.807) is 12.1 Å². The van der Waals surface area contributed by atoms with Crippen molar-refractivity contribution in [2.24, 2.45) is 5.14 Å². The molecular formula is C10H18N4O3S. The van der Waals surface area contributed by atoms with Crippen LogP contribution in [-0.4, -0.2) is 32.3 Å². The van der Waals surface area contributed by atoms with Crippen LogP contribution in [0.1, 0.15) is 13.3 Å². The number of primary sulfonamides is 1. The Morgan fingerprint density at radius 1 is 1.44 bits per heavy atom. The summed E-state index contributed by atoms with van der Waals surface area (Å²) in [5.74, 6) is 0.892. The van der Waals surface area contributed by atoms with Crippen molar-refractivity contribution < 1.29 is 13.2 Å². The molecule has 102 valence electrons. The highest BCUT2D eigenvalue weighted by Gasteiger charge is 2.05. The quantitative estimate of drug-likeness (QED) is 0.609. The predicted molar refractivity (Wildman–Crippen MR) is 70.9 cm³/mol. The molecule has 1 heterocycles. The van der Waals surface area contributed by atoms with Gasteiger partial charge in [0, 0.05) is 6.54 Å². The van der Waals surface area contributed by atoms with Crippen molar-refractivity contribution in [1.82, 2.24) is 4.98 Å². The van der Waals surface area contributed by atoms with Gasteiger partial charge >= 0.3 is 0 Å². The van der Waals surface area contributed by atoms with Crippen molar-refractivity contribution in [2.75, 3.05) is 30.0 Å². The third-order valence-electron chi connectivity index (χ3n) is 2.08. The van der Waals surface area contributed by atoms with Gasteiger partial charge in [-0.1, -0.05) is 0 Å². The second kappa shape index (κ2) is 6.41. The smallest absolute Gasteiger partial charge is 0.239 e. The minimum Gasteiger partial charge on any atom is -0.476 e. The molecule has 0 spiro atoms. The molecule has 0 unspecified atom stereocenters. The summed E-state index contributed by atoms with van der Waals surface area (Å²) in [5.41, 5.74) is 6.14. The molecule has 0 fully saturated rings. The Balaban J connectivity index is 2.50. The first-order valence-electron chi connectivity index (χ1n) is 5.56. The lowest BCUT2D eigenvalue weighted by Crippen LogP contribution is -2.18. The summed E-state index contributed by atoms with van der Waals surface area (Å²) in [6.07, 6.45) is 0.412. The molecule has 0 atom stereocenters. The maximum absolute atomic E-state index is 10.7. The van der Waals surface area contributed by atoms with E-state index in [1.165, 1.54) is 0 Å². The Morgan fingerprint density at radius 3 is 2.78 bits per heavy atom. The molecule has 5 N–H and O–H groups in total. The average molecular weight is 274 g/mol. The van der Waals surface area contributed by atoms with Gasteiger partial charge < -0.3 is 15.8 Å². The van der Waals surface area contributed by atoms with Crippen molar-refractivity contribution in [2.45, 2.75) is 13.3 Å². The van der Waals surface area contributed by atoms with Gasteiger partial charge in [0.2, 0.25) is 15.9 Å². The normalized spacial score (nSPS) is 11.2. The zero-order chi connectivity index (χ0) is 13.6. The monoisotopic (exact) mass is 274 g/mol. The Labute approximate surface area is 107 Å². The number of sulfonamides is 1. The van der Waals surface area contributed by atoms with Crippen molar-refractivity contribution in [1.29, 1.82) is 0 Å². The fourth-order valence-electron chi connectivity index (χ4n) is 1.29. The van der Waals surface area contributed by atoms with Crippen LogP contribution < -0.4 is 20.9 Å². The first kappa shape index (κ1) is 14.5. The summed E-state index contributed by atoms with van der Waals surface area (Å²) in [6, 6.07) is 3.38. The van der Waals surface area contributed by atoms with Gasteiger partial charge in [0.05, 0.1) is 18.0 Å². The highest BCUT2D eigenvalue weighted by atomic mass is 32.2. The molecule has 0 saturated heterocycles. The zero-order valence-corrected chi connectivity index (χ0v) is 11.0. The molecule has 18 heavy (non-hydrogen) atoms. The molecule has 0 aliphatic carbocycles. The summed E-state index contributed by atoms with van der Waals surface area (Å²) >= 11 is 0. The number of ether oxygens (including phenoxy) is 1. The van der Waals surface area contributed by atoms with Crippen LogP contribution in [0.5, 0.6) is 5.88 Å². The van der Waals surface area contributed by atoms with E-state index < -0.39 is 10.0 Å². The largest absolute Gasteiger partial charge is 0.476 e. The number of anilines is 2. The maximum Gasteiger partial charge on any atom is 0.239 e. The number of hydrogen-bond acceptors (Lipinski definition) is 6. The van der Waals surface area contributed by atoms with Gasteiger partial charge in [-0.2, -0.15) is 4.98 Å². The van der Waals surface area contributed by atoms with Crippen molar-refractivity contribution >= 4 is 21.5 Å². The minimum atomic E-state index is -3.41. The second-order valence-corrected chi connectivity index (χ2v) is 5.41. The van der Waals surface area contributed by atoms with E-state index in [4.69, 9.17) is 15.6 Å². The third kappa shape index (κ3) is 5.19. The maximum atomic E-state index is 10.7. The van der Waals surface area contributed by atoms with Crippen molar-refractivity contribution in [3.05, 3.63) is 12.1 Å². The minimum absolute atomic E-state index is 0.0622. The lowest BCUT2D eigenvalue weighted by Gasteiger charge is -2.09. The van der Waals surface area contributed by atoms with Crippen LogP contribution >= 0.6 is 0 Å². The van der Waals surface area contributed by atoms with E-state index in [1.807, 2.05) is 6.92 Å². The number of nitrogens with one attached hydrogen (secondary N) is 1. The molecule has 0 aliphatic rings. The number of hydrogen-bond donors (Lipinski definition) is 3. The number of nitrogens with two attached hydrogens (primary N) is 2. The number of pyridine rings is 1. The highest BCUT2D eigenvalue weighted by Crippen LogP contribution is 2.20. The summed E-state index contributed by atoms with van der Waals surface area (Å²) in [5, 5.41) is 7.87. The topological polar surface area (TPSA) is 120 Å². The molecule has 8 heteroatoms. The molecule has 7 nitrogen and oxygen atoms in total. The van der Waals surface area contributed by atoms with Gasteiger partial charge in [-0.25, -0.2) is 13.6 Å². The molecule has 0 bridgehead atoms. The number of rotatable bonds is 7. The number of nitrogens with zero attached hydrogens (tertiary/aromatic N) is 1. The first-order valence-corrected chi connectivity index (χ1v) is 7.27. The predicted octanol–water partition coefficient (Wildman–Crippen LogP) is 0.153. The van der Waals surface area contributed by atoms with Crippen LogP contribution in [0.2, 0.25) is 0 Å². The van der Waals surface area contributed by atoms with E-state index in [2.05, 4.69) is 10.3 Å². The molecule has 1 aromatic rings. The first-order chi connectivity index (χ1) is 8.42. The van der Waals surface area contributed by atoms with E-state index in [-0.39, 0.29) is 5.75 Å². The van der Waals surface area contributed by atoms with Crippen molar-refractivity contribution in [3.63, 3.8) is 0 Å². The van der Waals surface area contributed by atoms with E-state index in [0.29, 0.717) is 37.0 Å². The third-order valence-corrected chi connectivity index (χ3v) is 2.94. The van der Waals surface area contributed by atoms with Gasteiger partial charge in [-0.3, -0.25) is 0 Å². The van der Waals surface area contributed by atoms with Gasteiger partial charge in [0.15, 0.2) is 0 Å². The Bertz CT molecular complexity index is 490. The molecule has 0 saturated carbocycles. The van der Waals surface area contributed by atoms with Crippen LogP contribution in [0.15, 0.2) is 12.1 Å².